The Hall–Kier alpha value is -6.45. The smallest absolute Gasteiger partial charge is 0.149 e. The van der Waals surface area contributed by atoms with Crippen molar-refractivity contribution in [3.8, 4) is 39.3 Å². The molecule has 0 N–H and O–H groups in total. The van der Waals surface area contributed by atoms with E-state index in [-0.39, 0.29) is 11.8 Å². The highest BCUT2D eigenvalue weighted by molar-refractivity contribution is 6.21. The van der Waals surface area contributed by atoms with Gasteiger partial charge in [-0.15, -0.1) is 0 Å². The molecule has 8 aromatic carbocycles. The lowest BCUT2D eigenvalue weighted by molar-refractivity contribution is 0.670. The van der Waals surface area contributed by atoms with Crippen LogP contribution in [0.15, 0.2) is 162 Å². The molecule has 0 bridgehead atoms. The molecule has 0 aliphatic rings. The van der Waals surface area contributed by atoms with E-state index < -0.39 is 0 Å². The molecule has 10 aromatic rings. The van der Waals surface area contributed by atoms with Crippen molar-refractivity contribution < 1.29 is 4.42 Å². The number of imidazole rings is 1. The van der Waals surface area contributed by atoms with Crippen LogP contribution in [0.25, 0.3) is 93.8 Å². The van der Waals surface area contributed by atoms with Crippen molar-refractivity contribution in [3.05, 3.63) is 169 Å². The van der Waals surface area contributed by atoms with Gasteiger partial charge in [-0.2, -0.15) is 0 Å². The second-order valence-electron chi connectivity index (χ2n) is 15.1. The number of para-hydroxylation sites is 2. The van der Waals surface area contributed by atoms with E-state index in [0.29, 0.717) is 0 Å². The topological polar surface area (TPSA) is 31.0 Å². The molecular formula is C51H40N2O. The van der Waals surface area contributed by atoms with Crippen LogP contribution in [0.4, 0.5) is 0 Å². The Morgan fingerprint density at radius 1 is 0.500 bits per heavy atom. The van der Waals surface area contributed by atoms with E-state index in [0.717, 1.165) is 55.5 Å². The molecule has 260 valence electrons. The molecule has 0 saturated heterocycles. The first-order chi connectivity index (χ1) is 26.4. The molecule has 0 radical (unpaired) electrons. The highest BCUT2D eigenvalue weighted by Crippen LogP contribution is 2.46. The fourth-order valence-electron chi connectivity index (χ4n) is 8.46. The summed E-state index contributed by atoms with van der Waals surface area (Å²) in [6.45, 7) is 9.21. The van der Waals surface area contributed by atoms with Crippen molar-refractivity contribution >= 4 is 54.5 Å². The Kier molecular flexibility index (Phi) is 7.52. The van der Waals surface area contributed by atoms with Gasteiger partial charge < -0.3 is 4.42 Å². The lowest BCUT2D eigenvalue weighted by Gasteiger charge is -2.24. The van der Waals surface area contributed by atoms with E-state index in [1.165, 1.54) is 49.5 Å². The number of aromatic nitrogens is 2. The summed E-state index contributed by atoms with van der Waals surface area (Å²) in [5.74, 6) is 1.42. The van der Waals surface area contributed by atoms with Gasteiger partial charge in [0.15, 0.2) is 0 Å². The fourth-order valence-corrected chi connectivity index (χ4v) is 8.46. The molecule has 54 heavy (non-hydrogen) atoms. The number of hydrogen-bond donors (Lipinski definition) is 0. The van der Waals surface area contributed by atoms with Gasteiger partial charge in [-0.1, -0.05) is 143 Å². The van der Waals surface area contributed by atoms with E-state index in [1.807, 2.05) is 0 Å². The third-order valence-electron chi connectivity index (χ3n) is 11.1. The van der Waals surface area contributed by atoms with Gasteiger partial charge in [0.1, 0.15) is 17.0 Å². The SMILES string of the molecule is CC(C)c1cc(-c2ccccc2)cc(C(C)C)c1-n1c(-c2ccc(-c3ccccc3)c3c2oc2cc4c(ccc5ccccc54)cc23)nc2ccccc21. The van der Waals surface area contributed by atoms with Crippen molar-refractivity contribution in [3.63, 3.8) is 0 Å². The zero-order valence-corrected chi connectivity index (χ0v) is 31.0. The summed E-state index contributed by atoms with van der Waals surface area (Å²) in [5.41, 5.74) is 13.3. The molecule has 2 heterocycles. The molecule has 2 aromatic heterocycles. The fraction of sp³-hybridized carbons (Fsp3) is 0.118. The van der Waals surface area contributed by atoms with Gasteiger partial charge >= 0.3 is 0 Å². The Balaban J connectivity index is 1.32. The average molecular weight is 697 g/mol. The first kappa shape index (κ1) is 32.2. The van der Waals surface area contributed by atoms with Gasteiger partial charge in [0, 0.05) is 10.8 Å². The van der Waals surface area contributed by atoms with Crippen LogP contribution in [-0.2, 0) is 0 Å². The van der Waals surface area contributed by atoms with E-state index in [4.69, 9.17) is 9.40 Å². The van der Waals surface area contributed by atoms with Crippen LogP contribution in [-0.4, -0.2) is 9.55 Å². The van der Waals surface area contributed by atoms with E-state index in [2.05, 4.69) is 190 Å². The second-order valence-corrected chi connectivity index (χ2v) is 15.1. The van der Waals surface area contributed by atoms with Crippen molar-refractivity contribution in [1.82, 2.24) is 9.55 Å². The molecule has 0 atom stereocenters. The van der Waals surface area contributed by atoms with Crippen molar-refractivity contribution in [2.45, 2.75) is 39.5 Å². The van der Waals surface area contributed by atoms with E-state index >= 15 is 0 Å². The largest absolute Gasteiger partial charge is 0.455 e. The molecule has 0 saturated carbocycles. The molecule has 0 aliphatic carbocycles. The zero-order valence-electron chi connectivity index (χ0n) is 31.0. The molecule has 10 rings (SSSR count). The van der Waals surface area contributed by atoms with Crippen LogP contribution in [0.3, 0.4) is 0 Å². The predicted molar refractivity (Wildman–Crippen MR) is 228 cm³/mol. The average Bonchev–Trinajstić information content (AvgIpc) is 3.78. The first-order valence-corrected chi connectivity index (χ1v) is 19.0. The van der Waals surface area contributed by atoms with Gasteiger partial charge in [-0.3, -0.25) is 4.57 Å². The maximum atomic E-state index is 7.12. The molecule has 0 aliphatic heterocycles. The number of hydrogen-bond acceptors (Lipinski definition) is 2. The number of nitrogens with zero attached hydrogens (tertiary/aromatic N) is 2. The Labute approximate surface area is 315 Å². The molecule has 0 unspecified atom stereocenters. The number of rotatable bonds is 6. The van der Waals surface area contributed by atoms with E-state index in [1.54, 1.807) is 0 Å². The highest BCUT2D eigenvalue weighted by Gasteiger charge is 2.26. The van der Waals surface area contributed by atoms with Gasteiger partial charge in [0.25, 0.3) is 0 Å². The van der Waals surface area contributed by atoms with Crippen molar-refractivity contribution in [2.75, 3.05) is 0 Å². The molecule has 0 amide bonds. The summed E-state index contributed by atoms with van der Waals surface area (Å²) >= 11 is 0. The predicted octanol–water partition coefficient (Wildman–Crippen LogP) is 14.5. The first-order valence-electron chi connectivity index (χ1n) is 19.0. The Morgan fingerprint density at radius 3 is 1.87 bits per heavy atom. The minimum atomic E-state index is 0.268. The van der Waals surface area contributed by atoms with Gasteiger partial charge in [-0.25, -0.2) is 4.98 Å². The lowest BCUT2D eigenvalue weighted by atomic mass is 9.88. The molecule has 0 spiro atoms. The van der Waals surface area contributed by atoms with Gasteiger partial charge in [0.2, 0.25) is 0 Å². The standard InChI is InChI=1S/C51H40N2O/c1-31(2)41-28-37(33-15-7-5-8-16-33)29-42(32(3)4)49(41)53-46-22-14-13-21-45(46)52-51(53)40-26-25-39(34-17-9-6-10-18-34)48-44-27-36-24-23-35-19-11-12-20-38(35)43(36)30-47(44)54-50(40)48/h5-32H,1-4H3. The van der Waals surface area contributed by atoms with Crippen LogP contribution in [0.2, 0.25) is 0 Å². The van der Waals surface area contributed by atoms with Crippen LogP contribution in [0, 0.1) is 0 Å². The van der Waals surface area contributed by atoms with Gasteiger partial charge in [0.05, 0.1) is 22.3 Å². The van der Waals surface area contributed by atoms with Crippen LogP contribution in [0.1, 0.15) is 50.7 Å². The lowest BCUT2D eigenvalue weighted by Crippen LogP contribution is -2.09. The van der Waals surface area contributed by atoms with Crippen LogP contribution < -0.4 is 0 Å². The summed E-state index contributed by atoms with van der Waals surface area (Å²) in [4.78, 5) is 5.46. The van der Waals surface area contributed by atoms with Crippen LogP contribution >= 0.6 is 0 Å². The minimum Gasteiger partial charge on any atom is -0.455 e. The highest BCUT2D eigenvalue weighted by atomic mass is 16.3. The van der Waals surface area contributed by atoms with Crippen LogP contribution in [0.5, 0.6) is 0 Å². The quantitative estimate of drug-likeness (QED) is 0.162. The summed E-state index contributed by atoms with van der Waals surface area (Å²) < 4.78 is 9.54. The third kappa shape index (κ3) is 5.07. The second kappa shape index (κ2) is 12.6. The maximum Gasteiger partial charge on any atom is 0.149 e. The maximum absolute atomic E-state index is 7.12. The van der Waals surface area contributed by atoms with Gasteiger partial charge in [-0.05, 0) is 109 Å². The summed E-state index contributed by atoms with van der Waals surface area (Å²) in [5, 5.41) is 7.05. The van der Waals surface area contributed by atoms with Crippen molar-refractivity contribution in [2.24, 2.45) is 0 Å². The minimum absolute atomic E-state index is 0.268. The monoisotopic (exact) mass is 696 g/mol. The summed E-state index contributed by atoms with van der Waals surface area (Å²) in [7, 11) is 0. The molecule has 3 heteroatoms. The number of benzene rings is 8. The Bertz CT molecular complexity index is 3010. The van der Waals surface area contributed by atoms with Crippen molar-refractivity contribution in [1.29, 1.82) is 0 Å². The molecule has 3 nitrogen and oxygen atoms in total. The molecular weight excluding hydrogens is 657 g/mol. The zero-order chi connectivity index (χ0) is 36.5. The summed E-state index contributed by atoms with van der Waals surface area (Å²) in [6.07, 6.45) is 0. The van der Waals surface area contributed by atoms with E-state index in [9.17, 15) is 0 Å². The molecule has 0 fully saturated rings. The normalized spacial score (nSPS) is 12.0. The summed E-state index contributed by atoms with van der Waals surface area (Å²) in [6, 6.07) is 56.9. The number of fused-ring (bicyclic) bond motifs is 7. The third-order valence-corrected chi connectivity index (χ3v) is 11.1. The Morgan fingerprint density at radius 2 is 1.13 bits per heavy atom. The number of furan rings is 1.